The molecule has 2 heterocycles. The van der Waals surface area contributed by atoms with Crippen LogP contribution in [0.15, 0.2) is 64.7 Å². The Bertz CT molecular complexity index is 1940. The van der Waals surface area contributed by atoms with Crippen LogP contribution in [0, 0.1) is 29.6 Å². The average molecular weight is 1100 g/mol. The number of guanidine groups is 1. The van der Waals surface area contributed by atoms with Gasteiger partial charge in [0.25, 0.3) is 0 Å². The van der Waals surface area contributed by atoms with E-state index in [0.29, 0.717) is 11.1 Å². The van der Waals surface area contributed by atoms with Crippen LogP contribution in [0.5, 0.6) is 0 Å². The molecule has 77 heavy (non-hydrogen) atoms. The van der Waals surface area contributed by atoms with E-state index in [9.17, 15) is 70.6 Å². The molecule has 13 N–H and O–H groups in total. The molecule has 0 aromatic heterocycles. The van der Waals surface area contributed by atoms with Gasteiger partial charge in [0.15, 0.2) is 11.7 Å². The number of aliphatic hydroxyl groups excluding tert-OH is 9. The van der Waals surface area contributed by atoms with Crippen molar-refractivity contribution >= 4 is 23.9 Å². The molecule has 0 unspecified atom stereocenters. The number of nitrogens with zero attached hydrogens (tertiary/aromatic N) is 1. The highest BCUT2D eigenvalue weighted by molar-refractivity contribution is 5.90. The summed E-state index contributed by atoms with van der Waals surface area (Å²) in [6, 6.07) is 0. The number of aliphatic hydroxyl groups is 10. The first-order valence-electron chi connectivity index (χ1n) is 27.6. The van der Waals surface area contributed by atoms with Gasteiger partial charge in [-0.3, -0.25) is 14.6 Å². The van der Waals surface area contributed by atoms with Gasteiger partial charge in [-0.05, 0) is 82.6 Å². The van der Waals surface area contributed by atoms with Crippen LogP contribution in [0.4, 0.5) is 0 Å². The maximum Gasteiger partial charge on any atom is 0.334 e. The monoisotopic (exact) mass is 1100 g/mol. The van der Waals surface area contributed by atoms with Crippen molar-refractivity contribution in [1.29, 1.82) is 0 Å². The number of carboxylic acid groups (broad SMARTS) is 1. The Balaban J connectivity index is 2.44. The summed E-state index contributed by atoms with van der Waals surface area (Å²) >= 11 is 0. The number of aliphatic imine (C=N–C) groups is 1. The van der Waals surface area contributed by atoms with Crippen molar-refractivity contribution in [3.63, 3.8) is 0 Å². The fourth-order valence-electron chi connectivity index (χ4n) is 9.63. The summed E-state index contributed by atoms with van der Waals surface area (Å²) in [6.45, 7) is 13.1. The topological polar surface area (TPSA) is 338 Å². The standard InChI is InChI=1S/C57H97N3O17/c1-34-19-16-21-38(5)53(37(4)18-14-12-10-11-13-15-25-60-56(58-8)59-9)76-55(73)39(6)22-17-20-35(2)47(65)31-48(66)40(7)45(63)24-23-36(3)50(68)33-57(74)54(72)49(67)30-44(77-57)28-41(61)26-43(27-42(62)29-46(34)64)75-52(71)32-51(69)70/h10-11,16-17,19-22,35-38,40-50,53-54,61-68,72,74H,12-15,18,23-33H2,1-9H3,(H,69,70)(H2,58,59,60)/b11-10+,20-17?,21-16?,34-19?,39-22?/t35-,36+,37+,38+,40+,41-,42-,43+,44+,45+,46-,47-,48+,49-,50-,53+,54+,57-/m1/s1. The van der Waals surface area contributed by atoms with Crippen LogP contribution in [0.25, 0.3) is 0 Å². The SMILES string of the molecule is CN=C(NC)NCCC/C=C/CCC[C@H](C)[C@@H]1OC(=O)C(C)=CC=C[C@@H](C)[C@H](O)C[C@H](O)[C@@H](C)[C@@H](O)CC[C@H](C)[C@H](O)C[C@@]2(O)O[C@@H](C[C@H](O)C[C@H](OC(=O)CC(=O)O)C[C@@H](O)C[C@@H](O)C(C)=CC=C[C@@H]1C)C[C@@H](O)[C@@H]2O. The van der Waals surface area contributed by atoms with Crippen LogP contribution in [0.2, 0.25) is 0 Å². The van der Waals surface area contributed by atoms with Gasteiger partial charge >= 0.3 is 17.9 Å². The van der Waals surface area contributed by atoms with Gasteiger partial charge in [-0.1, -0.05) is 83.2 Å². The van der Waals surface area contributed by atoms with Gasteiger partial charge in [-0.2, -0.15) is 0 Å². The Morgan fingerprint density at radius 3 is 2.06 bits per heavy atom. The first-order valence-corrected chi connectivity index (χ1v) is 27.6. The Morgan fingerprint density at radius 2 is 1.43 bits per heavy atom. The van der Waals surface area contributed by atoms with Crippen LogP contribution in [-0.2, 0) is 28.6 Å². The van der Waals surface area contributed by atoms with Gasteiger partial charge < -0.3 is 81.0 Å². The van der Waals surface area contributed by atoms with Crippen molar-refractivity contribution < 1.29 is 84.8 Å². The van der Waals surface area contributed by atoms with E-state index >= 15 is 0 Å². The number of fused-ring (bicyclic) bond motifs is 2. The smallest absolute Gasteiger partial charge is 0.334 e. The molecule has 20 heteroatoms. The Morgan fingerprint density at radius 1 is 0.805 bits per heavy atom. The number of rotatable bonds is 12. The molecule has 0 aliphatic carbocycles. The van der Waals surface area contributed by atoms with Crippen LogP contribution < -0.4 is 10.6 Å². The first kappa shape index (κ1) is 69.0. The van der Waals surface area contributed by atoms with E-state index in [1.165, 1.54) is 0 Å². The second-order valence-corrected chi connectivity index (χ2v) is 21.8. The number of carboxylic acids is 1. The zero-order valence-electron chi connectivity index (χ0n) is 47.1. The van der Waals surface area contributed by atoms with E-state index < -0.39 is 128 Å². The number of nitrogens with one attached hydrogen (secondary N) is 2. The van der Waals surface area contributed by atoms with Gasteiger partial charge in [0.05, 0.1) is 54.9 Å². The predicted octanol–water partition coefficient (Wildman–Crippen LogP) is 3.63. The maximum atomic E-state index is 13.7. The highest BCUT2D eigenvalue weighted by Gasteiger charge is 2.50. The largest absolute Gasteiger partial charge is 0.481 e. The molecule has 18 atom stereocenters. The molecule has 1 saturated heterocycles. The Kier molecular flexibility index (Phi) is 31.9. The van der Waals surface area contributed by atoms with Crippen molar-refractivity contribution in [2.75, 3.05) is 20.6 Å². The average Bonchev–Trinajstić information content (AvgIpc) is 3.35. The second kappa shape index (κ2) is 35.5. The molecular formula is C57H97N3O17. The minimum atomic E-state index is -2.48. The van der Waals surface area contributed by atoms with Crippen molar-refractivity contribution in [3.05, 3.63) is 59.8 Å². The number of carbonyl (C=O) groups excluding carboxylic acids is 2. The zero-order valence-corrected chi connectivity index (χ0v) is 47.1. The molecule has 0 radical (unpaired) electrons. The summed E-state index contributed by atoms with van der Waals surface area (Å²) in [5.41, 5.74) is 0.779. The molecule has 0 aromatic rings. The minimum absolute atomic E-state index is 0.0655. The van der Waals surface area contributed by atoms with E-state index in [1.54, 1.807) is 72.0 Å². The van der Waals surface area contributed by atoms with Crippen LogP contribution in [0.3, 0.4) is 0 Å². The first-order chi connectivity index (χ1) is 36.2. The number of hydrogen-bond donors (Lipinski definition) is 13. The quantitative estimate of drug-likeness (QED) is 0.0331. The molecule has 20 nitrogen and oxygen atoms in total. The van der Waals surface area contributed by atoms with E-state index in [0.717, 1.165) is 44.6 Å². The Hall–Kier alpha value is -4.06. The number of esters is 2. The van der Waals surface area contributed by atoms with Gasteiger partial charge in [0.1, 0.15) is 24.7 Å². The van der Waals surface area contributed by atoms with Gasteiger partial charge in [0, 0.05) is 82.5 Å². The number of allylic oxidation sites excluding steroid dienone is 6. The summed E-state index contributed by atoms with van der Waals surface area (Å²) in [4.78, 5) is 41.6. The number of hydrogen-bond acceptors (Lipinski definition) is 17. The third-order valence-electron chi connectivity index (χ3n) is 15.0. The summed E-state index contributed by atoms with van der Waals surface area (Å²) in [7, 11) is 3.53. The molecule has 2 aliphatic rings. The number of carbonyl (C=O) groups is 3. The second-order valence-electron chi connectivity index (χ2n) is 21.8. The molecule has 442 valence electrons. The lowest BCUT2D eigenvalue weighted by Crippen LogP contribution is -2.59. The maximum absolute atomic E-state index is 13.7. The molecule has 0 aromatic carbocycles. The summed E-state index contributed by atoms with van der Waals surface area (Å²) in [6.07, 6.45) is 1.35. The van der Waals surface area contributed by atoms with Crippen LogP contribution in [-0.4, -0.2) is 180 Å². The molecule has 2 rings (SSSR count). The van der Waals surface area contributed by atoms with E-state index in [-0.39, 0.29) is 63.2 Å². The molecular weight excluding hydrogens is 999 g/mol. The highest BCUT2D eigenvalue weighted by atomic mass is 16.7. The highest BCUT2D eigenvalue weighted by Crippen LogP contribution is 2.36. The molecule has 2 bridgehead atoms. The van der Waals surface area contributed by atoms with Crippen molar-refractivity contribution in [1.82, 2.24) is 10.6 Å². The molecule has 0 spiro atoms. The fourth-order valence-corrected chi connectivity index (χ4v) is 9.63. The molecule has 1 fully saturated rings. The number of unbranched alkanes of at least 4 members (excludes halogenated alkanes) is 2. The zero-order chi connectivity index (χ0) is 58.0. The van der Waals surface area contributed by atoms with Gasteiger partial charge in [-0.25, -0.2) is 4.79 Å². The van der Waals surface area contributed by atoms with Crippen molar-refractivity contribution in [2.45, 2.75) is 224 Å². The molecule has 0 saturated carbocycles. The van der Waals surface area contributed by atoms with Crippen molar-refractivity contribution in [2.24, 2.45) is 34.6 Å². The van der Waals surface area contributed by atoms with Crippen LogP contribution in [0.1, 0.15) is 145 Å². The summed E-state index contributed by atoms with van der Waals surface area (Å²) in [5.74, 6) is -6.98. The van der Waals surface area contributed by atoms with Gasteiger partial charge in [-0.15, -0.1) is 0 Å². The third kappa shape index (κ3) is 25.7. The lowest BCUT2D eigenvalue weighted by atomic mass is 9.84. The molecule has 0 amide bonds. The lowest BCUT2D eigenvalue weighted by Gasteiger charge is -2.45. The van der Waals surface area contributed by atoms with E-state index in [4.69, 9.17) is 14.2 Å². The van der Waals surface area contributed by atoms with Crippen LogP contribution >= 0.6 is 0 Å². The summed E-state index contributed by atoms with van der Waals surface area (Å²) in [5, 5.41) is 127. The van der Waals surface area contributed by atoms with Gasteiger partial charge in [0.2, 0.25) is 0 Å². The van der Waals surface area contributed by atoms with E-state index in [1.807, 2.05) is 27.0 Å². The minimum Gasteiger partial charge on any atom is -0.481 e. The normalized spacial score (nSPS) is 35.4. The molecule has 2 aliphatic heterocycles. The van der Waals surface area contributed by atoms with Crippen molar-refractivity contribution in [3.8, 4) is 0 Å². The fraction of sp³-hybridized carbons (Fsp3) is 0.754. The van der Waals surface area contributed by atoms with E-state index in [2.05, 4.69) is 27.8 Å². The lowest BCUT2D eigenvalue weighted by molar-refractivity contribution is -0.333. The number of ether oxygens (including phenoxy) is 3. The predicted molar refractivity (Wildman–Crippen MR) is 292 cm³/mol. The summed E-state index contributed by atoms with van der Waals surface area (Å²) < 4.78 is 17.4. The third-order valence-corrected chi connectivity index (χ3v) is 15.0. The number of aliphatic carboxylic acids is 1. The Labute approximate surface area is 456 Å². The number of cyclic esters (lactones) is 1.